The van der Waals surface area contributed by atoms with E-state index in [1.54, 1.807) is 18.4 Å². The number of rotatable bonds is 5. The Balaban J connectivity index is 1.56. The largest absolute Gasteiger partial charge is 0.352 e. The Kier molecular flexibility index (Phi) is 5.91. The third kappa shape index (κ3) is 4.64. The molecule has 0 saturated heterocycles. The number of hydrogen-bond donors (Lipinski definition) is 2. The summed E-state index contributed by atoms with van der Waals surface area (Å²) in [6.45, 7) is 0.615. The number of thiazole rings is 1. The van der Waals surface area contributed by atoms with Gasteiger partial charge in [0, 0.05) is 30.1 Å². The average Bonchev–Trinajstić information content (AvgIpc) is 3.14. The summed E-state index contributed by atoms with van der Waals surface area (Å²) in [5.74, 6) is -0.439. The lowest BCUT2D eigenvalue weighted by atomic mass is 10.2. The maximum atomic E-state index is 13.7. The molecule has 0 bridgehead atoms. The van der Waals surface area contributed by atoms with Crippen LogP contribution in [-0.4, -0.2) is 18.0 Å². The summed E-state index contributed by atoms with van der Waals surface area (Å²) in [5, 5.41) is 9.02. The third-order valence-electron chi connectivity index (χ3n) is 3.69. The number of hydrogen-bond acceptors (Lipinski definition) is 3. The van der Waals surface area contributed by atoms with Gasteiger partial charge in [-0.3, -0.25) is 4.99 Å². The summed E-state index contributed by atoms with van der Waals surface area (Å²) < 4.78 is 26.9. The molecule has 0 amide bonds. The van der Waals surface area contributed by atoms with Gasteiger partial charge in [-0.2, -0.15) is 0 Å². The van der Waals surface area contributed by atoms with Crippen LogP contribution in [-0.2, 0) is 13.1 Å². The smallest absolute Gasteiger partial charge is 0.191 e. The Hall–Kier alpha value is -2.80. The molecule has 3 aromatic rings. The standard InChI is InChI=1S/C19H18F2N4S/c1-22-19(23-10-14-9-15(20)7-8-17(14)21)24-11-16-12-26-18(25-16)13-5-3-2-4-6-13/h2-9,12H,10-11H2,1H3,(H2,22,23,24). The fraction of sp³-hybridized carbons (Fsp3) is 0.158. The molecule has 2 aromatic carbocycles. The molecular weight excluding hydrogens is 354 g/mol. The summed E-state index contributed by atoms with van der Waals surface area (Å²) in [6, 6.07) is 13.3. The molecule has 4 nitrogen and oxygen atoms in total. The fourth-order valence-corrected chi connectivity index (χ4v) is 3.18. The zero-order chi connectivity index (χ0) is 18.4. The van der Waals surface area contributed by atoms with Crippen LogP contribution >= 0.6 is 11.3 Å². The second-order valence-corrected chi connectivity index (χ2v) is 6.38. The molecule has 3 rings (SSSR count). The van der Waals surface area contributed by atoms with Crippen molar-refractivity contribution in [1.82, 2.24) is 15.6 Å². The molecule has 0 fully saturated rings. The molecule has 0 spiro atoms. The molecule has 0 radical (unpaired) electrons. The molecule has 7 heteroatoms. The predicted molar refractivity (Wildman–Crippen MR) is 101 cm³/mol. The van der Waals surface area contributed by atoms with Crippen molar-refractivity contribution in [2.24, 2.45) is 4.99 Å². The highest BCUT2D eigenvalue weighted by Gasteiger charge is 2.07. The van der Waals surface area contributed by atoms with Gasteiger partial charge in [0.2, 0.25) is 0 Å². The first-order valence-electron chi connectivity index (χ1n) is 8.04. The molecule has 0 atom stereocenters. The summed E-state index contributed by atoms with van der Waals surface area (Å²) in [7, 11) is 1.62. The molecule has 0 unspecified atom stereocenters. The van der Waals surface area contributed by atoms with Crippen LogP contribution in [0.15, 0.2) is 58.9 Å². The topological polar surface area (TPSA) is 49.3 Å². The van der Waals surface area contributed by atoms with Gasteiger partial charge in [0.15, 0.2) is 5.96 Å². The molecule has 0 aliphatic carbocycles. The van der Waals surface area contributed by atoms with Crippen molar-refractivity contribution in [1.29, 1.82) is 0 Å². The molecule has 0 saturated carbocycles. The van der Waals surface area contributed by atoms with E-state index in [0.717, 1.165) is 28.4 Å². The SMILES string of the molecule is CN=C(NCc1csc(-c2ccccc2)n1)NCc1cc(F)ccc1F. The number of guanidine groups is 1. The highest BCUT2D eigenvalue weighted by molar-refractivity contribution is 7.13. The zero-order valence-corrected chi connectivity index (χ0v) is 15.0. The quantitative estimate of drug-likeness (QED) is 0.527. The van der Waals surface area contributed by atoms with E-state index in [4.69, 9.17) is 0 Å². The van der Waals surface area contributed by atoms with Crippen LogP contribution in [0.25, 0.3) is 10.6 Å². The van der Waals surface area contributed by atoms with E-state index in [-0.39, 0.29) is 12.1 Å². The van der Waals surface area contributed by atoms with E-state index in [1.165, 1.54) is 6.07 Å². The minimum atomic E-state index is -0.470. The van der Waals surface area contributed by atoms with Crippen LogP contribution in [0.4, 0.5) is 8.78 Å². The molecule has 0 aliphatic heterocycles. The van der Waals surface area contributed by atoms with Crippen molar-refractivity contribution < 1.29 is 8.78 Å². The van der Waals surface area contributed by atoms with Crippen molar-refractivity contribution in [3.63, 3.8) is 0 Å². The molecule has 134 valence electrons. The summed E-state index contributed by atoms with van der Waals surface area (Å²) in [6.07, 6.45) is 0. The summed E-state index contributed by atoms with van der Waals surface area (Å²) in [5.41, 5.74) is 2.20. The Morgan fingerprint density at radius 1 is 1.08 bits per heavy atom. The monoisotopic (exact) mass is 372 g/mol. The molecule has 1 aromatic heterocycles. The maximum Gasteiger partial charge on any atom is 0.191 e. The van der Waals surface area contributed by atoms with Gasteiger partial charge < -0.3 is 10.6 Å². The average molecular weight is 372 g/mol. The maximum absolute atomic E-state index is 13.7. The van der Waals surface area contributed by atoms with Gasteiger partial charge in [0.05, 0.1) is 12.2 Å². The van der Waals surface area contributed by atoms with Gasteiger partial charge in [0.1, 0.15) is 16.6 Å². The van der Waals surface area contributed by atoms with Gasteiger partial charge in [0.25, 0.3) is 0 Å². The molecule has 0 aliphatic rings. The van der Waals surface area contributed by atoms with E-state index < -0.39 is 11.6 Å². The molecular formula is C19H18F2N4S. The van der Waals surface area contributed by atoms with Crippen LogP contribution in [0.3, 0.4) is 0 Å². The van der Waals surface area contributed by atoms with Crippen LogP contribution < -0.4 is 10.6 Å². The lowest BCUT2D eigenvalue weighted by Crippen LogP contribution is -2.36. The first-order valence-corrected chi connectivity index (χ1v) is 8.92. The van der Waals surface area contributed by atoms with Crippen molar-refractivity contribution in [2.45, 2.75) is 13.1 Å². The first-order chi connectivity index (χ1) is 12.7. The zero-order valence-electron chi connectivity index (χ0n) is 14.2. The first kappa shape index (κ1) is 18.0. The summed E-state index contributed by atoms with van der Waals surface area (Å²) in [4.78, 5) is 8.68. The number of nitrogens with zero attached hydrogens (tertiary/aromatic N) is 2. The molecule has 1 heterocycles. The van der Waals surface area contributed by atoms with E-state index in [9.17, 15) is 8.78 Å². The Bertz CT molecular complexity index is 894. The second kappa shape index (κ2) is 8.53. The van der Waals surface area contributed by atoms with Crippen molar-refractivity contribution >= 4 is 17.3 Å². The lowest BCUT2D eigenvalue weighted by molar-refractivity contribution is 0.581. The van der Waals surface area contributed by atoms with Crippen LogP contribution in [0.5, 0.6) is 0 Å². The van der Waals surface area contributed by atoms with Gasteiger partial charge in [-0.25, -0.2) is 13.8 Å². The van der Waals surface area contributed by atoms with Crippen LogP contribution in [0.1, 0.15) is 11.3 Å². The van der Waals surface area contributed by atoms with E-state index in [2.05, 4.69) is 20.6 Å². The fourth-order valence-electron chi connectivity index (χ4n) is 2.35. The summed E-state index contributed by atoms with van der Waals surface area (Å²) >= 11 is 1.57. The van der Waals surface area contributed by atoms with Gasteiger partial charge in [-0.05, 0) is 18.2 Å². The van der Waals surface area contributed by atoms with Crippen molar-refractivity contribution in [3.8, 4) is 10.6 Å². The highest BCUT2D eigenvalue weighted by atomic mass is 32.1. The number of halogens is 2. The number of benzene rings is 2. The second-order valence-electron chi connectivity index (χ2n) is 5.53. The Labute approximate surface area is 154 Å². The minimum Gasteiger partial charge on any atom is -0.352 e. The molecule has 2 N–H and O–H groups in total. The molecule has 26 heavy (non-hydrogen) atoms. The van der Waals surface area contributed by atoms with Crippen LogP contribution in [0.2, 0.25) is 0 Å². The third-order valence-corrected chi connectivity index (χ3v) is 4.63. The van der Waals surface area contributed by atoms with Crippen molar-refractivity contribution in [3.05, 3.63) is 76.8 Å². The normalized spacial score (nSPS) is 11.4. The van der Waals surface area contributed by atoms with E-state index >= 15 is 0 Å². The van der Waals surface area contributed by atoms with Gasteiger partial charge >= 0.3 is 0 Å². The van der Waals surface area contributed by atoms with Gasteiger partial charge in [-0.1, -0.05) is 30.3 Å². The number of nitrogens with one attached hydrogen (secondary N) is 2. The van der Waals surface area contributed by atoms with E-state index in [0.29, 0.717) is 12.5 Å². The van der Waals surface area contributed by atoms with Crippen molar-refractivity contribution in [2.75, 3.05) is 7.05 Å². The Morgan fingerprint density at radius 2 is 1.85 bits per heavy atom. The number of aliphatic imine (C=N–C) groups is 1. The highest BCUT2D eigenvalue weighted by Crippen LogP contribution is 2.23. The predicted octanol–water partition coefficient (Wildman–Crippen LogP) is 3.95. The van der Waals surface area contributed by atoms with Gasteiger partial charge in [-0.15, -0.1) is 11.3 Å². The van der Waals surface area contributed by atoms with Crippen LogP contribution in [0, 0.1) is 11.6 Å². The number of aromatic nitrogens is 1. The minimum absolute atomic E-state index is 0.135. The lowest BCUT2D eigenvalue weighted by Gasteiger charge is -2.11. The Morgan fingerprint density at radius 3 is 2.62 bits per heavy atom. The van der Waals surface area contributed by atoms with E-state index in [1.807, 2.05) is 35.7 Å².